The molecule has 1 aliphatic rings. The van der Waals surface area contributed by atoms with Gasteiger partial charge in [0.2, 0.25) is 0 Å². The van der Waals surface area contributed by atoms with Gasteiger partial charge in [-0.05, 0) is 29.9 Å². The highest BCUT2D eigenvalue weighted by molar-refractivity contribution is 6.00. The van der Waals surface area contributed by atoms with Crippen LogP contribution in [-0.2, 0) is 16.9 Å². The van der Waals surface area contributed by atoms with Crippen LogP contribution in [0.3, 0.4) is 0 Å². The number of carbonyl (C=O) groups excluding carboxylic acids is 1. The zero-order chi connectivity index (χ0) is 14.0. The number of hydrogen-bond donors (Lipinski definition) is 1. The van der Waals surface area contributed by atoms with E-state index in [0.717, 1.165) is 5.56 Å². The van der Waals surface area contributed by atoms with Crippen LogP contribution in [-0.4, -0.2) is 25.9 Å². The molecule has 20 heavy (non-hydrogen) atoms. The lowest BCUT2D eigenvalue weighted by molar-refractivity contribution is -0.110. The molecule has 1 N–H and O–H groups in total. The van der Waals surface area contributed by atoms with Gasteiger partial charge in [0.25, 0.3) is 0 Å². The SMILES string of the molecule is O=C1C=CC(O)(c2cn(Cc3ccccc3)nn2)C=C1. The first-order valence-electron chi connectivity index (χ1n) is 6.25. The number of carbonyl (C=O) groups is 1. The van der Waals surface area contributed by atoms with Crippen molar-refractivity contribution in [2.75, 3.05) is 0 Å². The number of aromatic nitrogens is 3. The lowest BCUT2D eigenvalue weighted by Gasteiger charge is -2.18. The van der Waals surface area contributed by atoms with Crippen LogP contribution in [0.2, 0.25) is 0 Å². The van der Waals surface area contributed by atoms with Gasteiger partial charge in [0.1, 0.15) is 11.3 Å². The second kappa shape index (κ2) is 4.86. The summed E-state index contributed by atoms with van der Waals surface area (Å²) in [7, 11) is 0. The standard InChI is InChI=1S/C15H13N3O2/c19-13-6-8-15(20,9-7-13)14-11-18(17-16-14)10-12-4-2-1-3-5-12/h1-9,11,20H,10H2. The fourth-order valence-corrected chi connectivity index (χ4v) is 2.03. The van der Waals surface area contributed by atoms with Crippen LogP contribution in [0.15, 0.2) is 60.8 Å². The quantitative estimate of drug-likeness (QED) is 0.907. The zero-order valence-electron chi connectivity index (χ0n) is 10.7. The molecule has 0 unspecified atom stereocenters. The van der Waals surface area contributed by atoms with Gasteiger partial charge in [0, 0.05) is 0 Å². The molecule has 100 valence electrons. The van der Waals surface area contributed by atoms with Gasteiger partial charge >= 0.3 is 0 Å². The van der Waals surface area contributed by atoms with Gasteiger partial charge in [0.15, 0.2) is 5.78 Å². The van der Waals surface area contributed by atoms with Crippen molar-refractivity contribution < 1.29 is 9.90 Å². The minimum absolute atomic E-state index is 0.147. The fourth-order valence-electron chi connectivity index (χ4n) is 2.03. The van der Waals surface area contributed by atoms with Crippen molar-refractivity contribution in [3.05, 3.63) is 72.1 Å². The van der Waals surface area contributed by atoms with E-state index in [9.17, 15) is 9.90 Å². The summed E-state index contributed by atoms with van der Waals surface area (Å²) >= 11 is 0. The molecule has 0 amide bonds. The van der Waals surface area contributed by atoms with E-state index in [2.05, 4.69) is 10.3 Å². The Labute approximate surface area is 115 Å². The van der Waals surface area contributed by atoms with Crippen molar-refractivity contribution in [3.63, 3.8) is 0 Å². The Balaban J connectivity index is 1.82. The molecular formula is C15H13N3O2. The van der Waals surface area contributed by atoms with Gasteiger partial charge in [-0.1, -0.05) is 35.5 Å². The van der Waals surface area contributed by atoms with E-state index < -0.39 is 5.60 Å². The van der Waals surface area contributed by atoms with Crippen molar-refractivity contribution in [1.29, 1.82) is 0 Å². The predicted octanol–water partition coefficient (Wildman–Crippen LogP) is 1.21. The minimum Gasteiger partial charge on any atom is -0.376 e. The first-order valence-corrected chi connectivity index (χ1v) is 6.25. The number of benzene rings is 1. The number of aliphatic hydroxyl groups is 1. The van der Waals surface area contributed by atoms with Gasteiger partial charge < -0.3 is 5.11 Å². The lowest BCUT2D eigenvalue weighted by Crippen LogP contribution is -2.23. The van der Waals surface area contributed by atoms with Gasteiger partial charge in [-0.15, -0.1) is 5.10 Å². The van der Waals surface area contributed by atoms with E-state index in [4.69, 9.17) is 0 Å². The van der Waals surface area contributed by atoms with Gasteiger partial charge in [-0.3, -0.25) is 4.79 Å². The third kappa shape index (κ3) is 2.44. The Morgan fingerprint density at radius 1 is 1.15 bits per heavy atom. The van der Waals surface area contributed by atoms with E-state index in [1.165, 1.54) is 24.3 Å². The largest absolute Gasteiger partial charge is 0.376 e. The van der Waals surface area contributed by atoms with E-state index in [1.807, 2.05) is 30.3 Å². The van der Waals surface area contributed by atoms with E-state index in [0.29, 0.717) is 12.2 Å². The van der Waals surface area contributed by atoms with Crippen molar-refractivity contribution in [1.82, 2.24) is 15.0 Å². The lowest BCUT2D eigenvalue weighted by atomic mass is 9.95. The normalized spacial score (nSPS) is 16.6. The highest BCUT2D eigenvalue weighted by Gasteiger charge is 2.29. The average Bonchev–Trinajstić information content (AvgIpc) is 2.93. The van der Waals surface area contributed by atoms with Crippen LogP contribution in [0.1, 0.15) is 11.3 Å². The fraction of sp³-hybridized carbons (Fsp3) is 0.133. The molecule has 0 saturated carbocycles. The number of hydrogen-bond acceptors (Lipinski definition) is 4. The summed E-state index contributed by atoms with van der Waals surface area (Å²) in [6, 6.07) is 9.86. The highest BCUT2D eigenvalue weighted by Crippen LogP contribution is 2.24. The van der Waals surface area contributed by atoms with E-state index in [-0.39, 0.29) is 5.78 Å². The van der Waals surface area contributed by atoms with Crippen LogP contribution in [0.25, 0.3) is 0 Å². The maximum Gasteiger partial charge on any atom is 0.178 e. The Morgan fingerprint density at radius 2 is 1.85 bits per heavy atom. The molecule has 1 aromatic carbocycles. The highest BCUT2D eigenvalue weighted by atomic mass is 16.3. The van der Waals surface area contributed by atoms with Crippen LogP contribution in [0.5, 0.6) is 0 Å². The van der Waals surface area contributed by atoms with Crippen LogP contribution in [0.4, 0.5) is 0 Å². The van der Waals surface area contributed by atoms with E-state index >= 15 is 0 Å². The molecule has 1 aromatic heterocycles. The first-order chi connectivity index (χ1) is 9.66. The molecule has 5 nitrogen and oxygen atoms in total. The maximum absolute atomic E-state index is 11.1. The van der Waals surface area contributed by atoms with Crippen LogP contribution < -0.4 is 0 Å². The summed E-state index contributed by atoms with van der Waals surface area (Å²) in [5.41, 5.74) is 0.136. The summed E-state index contributed by atoms with van der Waals surface area (Å²) in [6.07, 6.45) is 7.18. The van der Waals surface area contributed by atoms with Gasteiger partial charge in [-0.2, -0.15) is 0 Å². The molecule has 0 radical (unpaired) electrons. The third-order valence-electron chi connectivity index (χ3n) is 3.14. The Hall–Kier alpha value is -2.53. The van der Waals surface area contributed by atoms with Gasteiger partial charge in [-0.25, -0.2) is 4.68 Å². The van der Waals surface area contributed by atoms with Crippen LogP contribution in [0, 0.1) is 0 Å². The monoisotopic (exact) mass is 267 g/mol. The first kappa shape index (κ1) is 12.5. The predicted molar refractivity (Wildman–Crippen MR) is 72.7 cm³/mol. The Bertz CT molecular complexity index is 670. The van der Waals surface area contributed by atoms with Gasteiger partial charge in [0.05, 0.1) is 12.7 Å². The molecule has 1 aliphatic carbocycles. The Kier molecular flexibility index (Phi) is 3.04. The smallest absolute Gasteiger partial charge is 0.178 e. The number of nitrogens with zero attached hydrogens (tertiary/aromatic N) is 3. The molecule has 0 fully saturated rings. The Morgan fingerprint density at radius 3 is 2.55 bits per heavy atom. The van der Waals surface area contributed by atoms with Crippen LogP contribution >= 0.6 is 0 Å². The minimum atomic E-state index is -1.36. The molecule has 2 aromatic rings. The second-order valence-electron chi connectivity index (χ2n) is 4.68. The third-order valence-corrected chi connectivity index (χ3v) is 3.14. The zero-order valence-corrected chi connectivity index (χ0v) is 10.7. The molecule has 0 bridgehead atoms. The van der Waals surface area contributed by atoms with Crippen molar-refractivity contribution in [2.24, 2.45) is 0 Å². The molecule has 0 atom stereocenters. The molecule has 0 aliphatic heterocycles. The average molecular weight is 267 g/mol. The molecule has 0 spiro atoms. The summed E-state index contributed by atoms with van der Waals surface area (Å²) < 4.78 is 1.65. The molecule has 3 rings (SSSR count). The topological polar surface area (TPSA) is 68.0 Å². The second-order valence-corrected chi connectivity index (χ2v) is 4.68. The summed E-state index contributed by atoms with van der Waals surface area (Å²) in [6.45, 7) is 0.580. The summed E-state index contributed by atoms with van der Waals surface area (Å²) in [4.78, 5) is 11.1. The molecule has 5 heteroatoms. The maximum atomic E-state index is 11.1. The summed E-state index contributed by atoms with van der Waals surface area (Å²) in [5.74, 6) is -0.147. The molecule has 1 heterocycles. The number of allylic oxidation sites excluding steroid dienone is 2. The summed E-state index contributed by atoms with van der Waals surface area (Å²) in [5, 5.41) is 18.4. The number of ketones is 1. The number of rotatable bonds is 3. The van der Waals surface area contributed by atoms with E-state index in [1.54, 1.807) is 10.9 Å². The molecular weight excluding hydrogens is 254 g/mol. The molecule has 0 saturated heterocycles. The van der Waals surface area contributed by atoms with Crippen molar-refractivity contribution in [3.8, 4) is 0 Å². The van der Waals surface area contributed by atoms with Crippen molar-refractivity contribution >= 4 is 5.78 Å². The van der Waals surface area contributed by atoms with Crippen molar-refractivity contribution in [2.45, 2.75) is 12.1 Å².